The van der Waals surface area contributed by atoms with E-state index in [0.717, 1.165) is 13.1 Å². The number of benzene rings is 1. The second kappa shape index (κ2) is 7.41. The fourth-order valence-corrected chi connectivity index (χ4v) is 2.80. The number of hydrogen-bond donors (Lipinski definition) is 3. The van der Waals surface area contributed by atoms with Gasteiger partial charge in [-0.15, -0.1) is 0 Å². The molecule has 20 heavy (non-hydrogen) atoms. The van der Waals surface area contributed by atoms with Gasteiger partial charge in [-0.3, -0.25) is 9.89 Å². The Balaban J connectivity index is 1.98. The third-order valence-corrected chi connectivity index (χ3v) is 4.05. The van der Waals surface area contributed by atoms with Gasteiger partial charge in [0.25, 0.3) is 5.84 Å². The van der Waals surface area contributed by atoms with E-state index >= 15 is 0 Å². The summed E-state index contributed by atoms with van der Waals surface area (Å²) >= 11 is 0. The summed E-state index contributed by atoms with van der Waals surface area (Å²) < 4.78 is 2.49. The van der Waals surface area contributed by atoms with Crippen molar-refractivity contribution in [2.45, 2.75) is 0 Å². The van der Waals surface area contributed by atoms with E-state index in [-0.39, 0.29) is 0 Å². The van der Waals surface area contributed by atoms with Crippen LogP contribution in [-0.2, 0) is 0 Å². The van der Waals surface area contributed by atoms with E-state index in [1.807, 2.05) is 7.05 Å². The molecule has 1 aromatic rings. The first-order valence-electron chi connectivity index (χ1n) is 7.68. The maximum Gasteiger partial charge on any atom is 0.277 e. The van der Waals surface area contributed by atoms with Gasteiger partial charge >= 0.3 is 0 Å². The molecule has 2 rings (SSSR count). The van der Waals surface area contributed by atoms with Gasteiger partial charge in [0.15, 0.2) is 0 Å². The highest BCUT2D eigenvalue weighted by Crippen LogP contribution is 1.99. The molecule has 3 N–H and O–H groups in total. The predicted octanol–water partition coefficient (Wildman–Crippen LogP) is -2.29. The molecule has 0 aromatic heterocycles. The van der Waals surface area contributed by atoms with Gasteiger partial charge in [0.05, 0.1) is 26.7 Å². The van der Waals surface area contributed by atoms with Crippen molar-refractivity contribution in [3.8, 4) is 0 Å². The summed E-state index contributed by atoms with van der Waals surface area (Å²) in [4.78, 5) is 3.29. The first-order valence-corrected chi connectivity index (χ1v) is 7.68. The van der Waals surface area contributed by atoms with Gasteiger partial charge in [-0.25, -0.2) is 0 Å². The molecule has 1 aromatic carbocycles. The van der Waals surface area contributed by atoms with Crippen molar-refractivity contribution >= 4 is 5.84 Å². The quantitative estimate of drug-likeness (QED) is 0.419. The Hall–Kier alpha value is -1.39. The molecule has 0 saturated carbocycles. The average Bonchev–Trinajstić information content (AvgIpc) is 2.48. The molecular weight excluding hydrogens is 248 g/mol. The van der Waals surface area contributed by atoms with Crippen LogP contribution >= 0.6 is 0 Å². The van der Waals surface area contributed by atoms with E-state index in [9.17, 15) is 0 Å². The maximum absolute atomic E-state index is 3.38. The number of rotatable bonds is 4. The van der Waals surface area contributed by atoms with Crippen LogP contribution in [0.1, 0.15) is 5.56 Å². The first kappa shape index (κ1) is 15.0. The third kappa shape index (κ3) is 4.05. The number of hydrogen-bond acceptors (Lipinski definition) is 0. The van der Waals surface area contributed by atoms with Crippen molar-refractivity contribution in [3.05, 3.63) is 35.9 Å². The van der Waals surface area contributed by atoms with Crippen LogP contribution in [0.25, 0.3) is 0 Å². The van der Waals surface area contributed by atoms with Gasteiger partial charge in [0.1, 0.15) is 39.3 Å². The Morgan fingerprint density at radius 3 is 2.40 bits per heavy atom. The number of nitrogens with one attached hydrogen (secondary N) is 3. The summed E-state index contributed by atoms with van der Waals surface area (Å²) in [6, 6.07) is 10.6. The highest BCUT2D eigenvalue weighted by molar-refractivity contribution is 5.94. The second-order valence-corrected chi connectivity index (χ2v) is 5.91. The Morgan fingerprint density at radius 1 is 1.20 bits per heavy atom. The van der Waals surface area contributed by atoms with Crippen molar-refractivity contribution in [2.75, 3.05) is 60.4 Å². The van der Waals surface area contributed by atoms with E-state index in [2.05, 4.69) is 54.3 Å². The predicted molar refractivity (Wildman–Crippen MR) is 82.8 cm³/mol. The van der Waals surface area contributed by atoms with Crippen LogP contribution in [0.4, 0.5) is 0 Å². The zero-order valence-electron chi connectivity index (χ0n) is 13.1. The minimum atomic E-state index is 1.14. The smallest absolute Gasteiger partial charge is 0.277 e. The van der Waals surface area contributed by atoms with Crippen LogP contribution in [-0.4, -0.2) is 70.8 Å². The second-order valence-electron chi connectivity index (χ2n) is 5.91. The monoisotopic (exact) mass is 277 g/mol. The van der Waals surface area contributed by atoms with Gasteiger partial charge in [-0.05, 0) is 12.1 Å². The molecule has 0 aliphatic carbocycles. The van der Waals surface area contributed by atoms with Gasteiger partial charge in [0, 0.05) is 0 Å². The van der Waals surface area contributed by atoms with Crippen molar-refractivity contribution in [1.82, 2.24) is 5.32 Å². The fourth-order valence-electron chi connectivity index (χ4n) is 2.80. The van der Waals surface area contributed by atoms with E-state index < -0.39 is 0 Å². The highest BCUT2D eigenvalue weighted by Gasteiger charge is 2.23. The fraction of sp³-hybridized carbons (Fsp3) is 0.562. The lowest BCUT2D eigenvalue weighted by atomic mass is 10.2. The molecule has 4 nitrogen and oxygen atoms in total. The Kier molecular flexibility index (Phi) is 5.56. The average molecular weight is 277 g/mol. The standard InChI is InChI=1S/C16H26N4/c1-17-16(15-7-5-4-6-8-15)20-13-11-19(12-14-20)10-9-18(2)3/h4-8H,9-14H2,1-3H3/p+3. The lowest BCUT2D eigenvalue weighted by Gasteiger charge is -2.25. The zero-order chi connectivity index (χ0) is 14.4. The van der Waals surface area contributed by atoms with Crippen molar-refractivity contribution in [2.24, 2.45) is 0 Å². The molecule has 1 fully saturated rings. The van der Waals surface area contributed by atoms with E-state index in [1.165, 1.54) is 37.6 Å². The summed E-state index contributed by atoms with van der Waals surface area (Å²) in [5, 5.41) is 3.38. The summed E-state index contributed by atoms with van der Waals surface area (Å²) in [5.74, 6) is 1.27. The van der Waals surface area contributed by atoms with Crippen LogP contribution in [0.2, 0.25) is 0 Å². The lowest BCUT2D eigenvalue weighted by molar-refractivity contribution is -0.961. The van der Waals surface area contributed by atoms with Crippen LogP contribution < -0.4 is 15.1 Å². The molecule has 0 amide bonds. The summed E-state index contributed by atoms with van der Waals surface area (Å²) in [6.07, 6.45) is 0. The molecule has 1 aliphatic heterocycles. The molecule has 110 valence electrons. The van der Waals surface area contributed by atoms with Crippen LogP contribution in [0.3, 0.4) is 0 Å². The molecule has 1 heterocycles. The topological polar surface area (TPSA) is 23.9 Å². The van der Waals surface area contributed by atoms with Crippen molar-refractivity contribution < 1.29 is 14.4 Å². The Labute approximate surface area is 122 Å². The summed E-state index contributed by atoms with van der Waals surface area (Å²) in [6.45, 7) is 7.32. The van der Waals surface area contributed by atoms with Crippen molar-refractivity contribution in [1.29, 1.82) is 0 Å². The normalized spacial score (nSPS) is 19.2. The highest BCUT2D eigenvalue weighted by atomic mass is 15.2. The summed E-state index contributed by atoms with van der Waals surface area (Å²) in [5.41, 5.74) is 1.29. The molecule has 1 aliphatic rings. The Bertz CT molecular complexity index is 429. The van der Waals surface area contributed by atoms with Gasteiger partial charge < -0.3 is 9.80 Å². The Morgan fingerprint density at radius 2 is 1.85 bits per heavy atom. The number of piperazine rings is 1. The first-order chi connectivity index (χ1) is 9.70. The van der Waals surface area contributed by atoms with Gasteiger partial charge in [-0.2, -0.15) is 0 Å². The number of likely N-dealkylation sites (N-methyl/N-ethyl adjacent to an activating group) is 1. The van der Waals surface area contributed by atoms with Crippen molar-refractivity contribution in [3.63, 3.8) is 0 Å². The SMILES string of the molecule is CNC(c1ccccc1)=[N+]1CC[NH+](CC[NH+](C)C)CC1. The number of nitrogens with zero attached hydrogens (tertiary/aromatic N) is 1. The third-order valence-electron chi connectivity index (χ3n) is 4.05. The molecule has 4 heteroatoms. The van der Waals surface area contributed by atoms with E-state index in [0.29, 0.717) is 0 Å². The molecule has 0 spiro atoms. The molecule has 1 saturated heterocycles. The molecule has 0 atom stereocenters. The number of amidine groups is 1. The van der Waals surface area contributed by atoms with Gasteiger partial charge in [-0.1, -0.05) is 18.2 Å². The largest absolute Gasteiger partial charge is 0.335 e. The number of quaternary nitrogens is 2. The molecular formula is C16H29N4+3. The van der Waals surface area contributed by atoms with E-state index in [4.69, 9.17) is 0 Å². The van der Waals surface area contributed by atoms with Crippen LogP contribution in [0.5, 0.6) is 0 Å². The lowest BCUT2D eigenvalue weighted by Crippen LogP contribution is -3.19. The van der Waals surface area contributed by atoms with E-state index in [1.54, 1.807) is 9.80 Å². The minimum Gasteiger partial charge on any atom is -0.335 e. The summed E-state index contributed by atoms with van der Waals surface area (Å²) in [7, 11) is 6.49. The molecule has 0 unspecified atom stereocenters. The van der Waals surface area contributed by atoms with Crippen LogP contribution in [0.15, 0.2) is 30.3 Å². The van der Waals surface area contributed by atoms with Crippen LogP contribution in [0, 0.1) is 0 Å². The minimum absolute atomic E-state index is 1.14. The molecule has 0 bridgehead atoms. The maximum atomic E-state index is 3.38. The van der Waals surface area contributed by atoms with Gasteiger partial charge in [0.2, 0.25) is 0 Å². The zero-order valence-corrected chi connectivity index (χ0v) is 13.1. The molecule has 0 radical (unpaired) electrons.